The second-order valence-corrected chi connectivity index (χ2v) is 8.36. The Morgan fingerprint density at radius 1 is 1.28 bits per heavy atom. The first-order valence-electron chi connectivity index (χ1n) is 7.43. The van der Waals surface area contributed by atoms with E-state index in [0.717, 1.165) is 35.4 Å². The van der Waals surface area contributed by atoms with Gasteiger partial charge in [0.2, 0.25) is 5.91 Å². The summed E-state index contributed by atoms with van der Waals surface area (Å²) in [4.78, 5) is 16.3. The Labute approximate surface area is 171 Å². The van der Waals surface area contributed by atoms with E-state index >= 15 is 0 Å². The van der Waals surface area contributed by atoms with Crippen LogP contribution >= 0.6 is 55.4 Å². The summed E-state index contributed by atoms with van der Waals surface area (Å²) in [5.74, 6) is -0.132. The summed E-state index contributed by atoms with van der Waals surface area (Å²) in [6, 6.07) is 11.9. The number of halogens is 2. The maximum atomic E-state index is 11.6. The highest BCUT2D eigenvalue weighted by atomic mass is 79.9. The molecule has 0 unspecified atom stereocenters. The number of hydrogen-bond acceptors (Lipinski definition) is 4. The van der Waals surface area contributed by atoms with Gasteiger partial charge in [0.05, 0.1) is 15.9 Å². The molecule has 0 atom stereocenters. The molecule has 3 rings (SSSR count). The molecule has 3 aromatic rings. The average molecular weight is 499 g/mol. The summed E-state index contributed by atoms with van der Waals surface area (Å²) in [6.45, 7) is 1.78. The lowest BCUT2D eigenvalue weighted by Crippen LogP contribution is -2.33. The summed E-state index contributed by atoms with van der Waals surface area (Å²) >= 11 is 13.9. The normalized spacial score (nSPS) is 10.7. The first-order chi connectivity index (χ1) is 12.0. The summed E-state index contributed by atoms with van der Waals surface area (Å²) in [7, 11) is 0. The van der Waals surface area contributed by atoms with E-state index in [0.29, 0.717) is 6.42 Å². The topological polar surface area (TPSA) is 54.0 Å². The number of carbonyl (C=O) groups excluding carboxylic acids is 1. The largest absolute Gasteiger partial charge is 0.331 e. The molecule has 25 heavy (non-hydrogen) atoms. The lowest BCUT2D eigenvalue weighted by Gasteiger charge is -2.14. The van der Waals surface area contributed by atoms with Crippen LogP contribution in [0.3, 0.4) is 0 Å². The highest BCUT2D eigenvalue weighted by Gasteiger charge is 2.16. The number of nitrogens with one attached hydrogen (secondary N) is 2. The number of fused-ring (bicyclic) bond motifs is 1. The summed E-state index contributed by atoms with van der Waals surface area (Å²) in [5.41, 5.74) is 2.62. The molecule has 0 saturated heterocycles. The van der Waals surface area contributed by atoms with Crippen molar-refractivity contribution in [2.45, 2.75) is 13.3 Å². The molecule has 8 heteroatoms. The highest BCUT2D eigenvalue weighted by Crippen LogP contribution is 2.40. The van der Waals surface area contributed by atoms with Gasteiger partial charge in [-0.2, -0.15) is 0 Å². The van der Waals surface area contributed by atoms with E-state index in [1.54, 1.807) is 18.3 Å². The minimum absolute atomic E-state index is 0.132. The van der Waals surface area contributed by atoms with E-state index in [1.165, 1.54) is 0 Å². The standard InChI is InChI=1S/C17H13Br2N3OS2/c1-2-14(23)21-17(24)22-15-10(7-9(18)8-11(15)19)16-20-12-5-3-4-6-13(12)25-16/h3-8H,2H2,1H3,(H2,21,22,23,24). The second-order valence-electron chi connectivity index (χ2n) is 5.15. The van der Waals surface area contributed by atoms with Gasteiger partial charge in [-0.25, -0.2) is 4.98 Å². The third-order valence-electron chi connectivity index (χ3n) is 3.39. The number of rotatable bonds is 3. The first-order valence-corrected chi connectivity index (χ1v) is 10.2. The molecule has 0 spiro atoms. The molecule has 0 saturated carbocycles. The Hall–Kier alpha value is -1.35. The number of carbonyl (C=O) groups is 1. The van der Waals surface area contributed by atoms with Crippen LogP contribution in [0.15, 0.2) is 45.3 Å². The fourth-order valence-corrected chi connectivity index (χ4v) is 4.74. The van der Waals surface area contributed by atoms with Gasteiger partial charge in [0.15, 0.2) is 5.11 Å². The van der Waals surface area contributed by atoms with Gasteiger partial charge in [-0.1, -0.05) is 35.0 Å². The van der Waals surface area contributed by atoms with Crippen LogP contribution in [0.1, 0.15) is 13.3 Å². The number of thiazole rings is 1. The predicted molar refractivity (Wildman–Crippen MR) is 115 cm³/mol. The summed E-state index contributed by atoms with van der Waals surface area (Å²) in [6.07, 6.45) is 0.369. The zero-order valence-electron chi connectivity index (χ0n) is 13.1. The zero-order chi connectivity index (χ0) is 18.0. The quantitative estimate of drug-likeness (QED) is 0.454. The van der Waals surface area contributed by atoms with Gasteiger partial charge in [-0.05, 0) is 52.4 Å². The number of benzene rings is 2. The van der Waals surface area contributed by atoms with Crippen LogP contribution in [-0.4, -0.2) is 16.0 Å². The summed E-state index contributed by atoms with van der Waals surface area (Å²) in [5, 5.41) is 6.90. The minimum Gasteiger partial charge on any atom is -0.331 e. The molecule has 0 radical (unpaired) electrons. The fraction of sp³-hybridized carbons (Fsp3) is 0.118. The van der Waals surface area contributed by atoms with Crippen molar-refractivity contribution in [2.24, 2.45) is 0 Å². The molecule has 0 fully saturated rings. The number of hydrogen-bond donors (Lipinski definition) is 2. The maximum absolute atomic E-state index is 11.6. The van der Waals surface area contributed by atoms with Crippen molar-refractivity contribution in [1.82, 2.24) is 10.3 Å². The second kappa shape index (κ2) is 7.90. The lowest BCUT2D eigenvalue weighted by molar-refractivity contribution is -0.119. The van der Waals surface area contributed by atoms with Crippen molar-refractivity contribution in [2.75, 3.05) is 5.32 Å². The molecule has 2 aromatic carbocycles. The van der Waals surface area contributed by atoms with Gasteiger partial charge < -0.3 is 10.6 Å². The zero-order valence-corrected chi connectivity index (χ0v) is 17.9. The molecule has 0 aliphatic carbocycles. The van der Waals surface area contributed by atoms with Gasteiger partial charge in [0.1, 0.15) is 5.01 Å². The lowest BCUT2D eigenvalue weighted by atomic mass is 10.2. The summed E-state index contributed by atoms with van der Waals surface area (Å²) < 4.78 is 2.85. The smallest absolute Gasteiger partial charge is 0.225 e. The molecule has 0 aliphatic rings. The maximum Gasteiger partial charge on any atom is 0.225 e. The van der Waals surface area contributed by atoms with Crippen LogP contribution in [0.2, 0.25) is 0 Å². The van der Waals surface area contributed by atoms with E-state index in [1.807, 2.05) is 36.4 Å². The van der Waals surface area contributed by atoms with E-state index in [2.05, 4.69) is 42.5 Å². The molecule has 128 valence electrons. The predicted octanol–water partition coefficient (Wildman–Crippen LogP) is 5.71. The minimum atomic E-state index is -0.132. The van der Waals surface area contributed by atoms with E-state index < -0.39 is 0 Å². The van der Waals surface area contributed by atoms with E-state index in [9.17, 15) is 4.79 Å². The van der Waals surface area contributed by atoms with Crippen molar-refractivity contribution < 1.29 is 4.79 Å². The van der Waals surface area contributed by atoms with Crippen LogP contribution in [-0.2, 0) is 4.79 Å². The molecule has 0 bridgehead atoms. The Morgan fingerprint density at radius 2 is 2.04 bits per heavy atom. The van der Waals surface area contributed by atoms with E-state index in [-0.39, 0.29) is 11.0 Å². The fourth-order valence-electron chi connectivity index (χ4n) is 2.22. The molecule has 1 heterocycles. The van der Waals surface area contributed by atoms with Crippen LogP contribution in [0.5, 0.6) is 0 Å². The number of anilines is 1. The number of thiocarbonyl (C=S) groups is 1. The van der Waals surface area contributed by atoms with Crippen molar-refractivity contribution in [1.29, 1.82) is 0 Å². The molecular formula is C17H13Br2N3OS2. The molecule has 0 aliphatic heterocycles. The number of nitrogens with zero attached hydrogens (tertiary/aromatic N) is 1. The van der Waals surface area contributed by atoms with Gasteiger partial charge in [-0.3, -0.25) is 4.79 Å². The molecule has 4 nitrogen and oxygen atoms in total. The number of aromatic nitrogens is 1. The monoisotopic (exact) mass is 497 g/mol. The van der Waals surface area contributed by atoms with Crippen molar-refractivity contribution >= 4 is 82.3 Å². The SMILES string of the molecule is CCC(=O)NC(=S)Nc1c(Br)cc(Br)cc1-c1nc2ccccc2s1. The highest BCUT2D eigenvalue weighted by molar-refractivity contribution is 9.11. The number of para-hydroxylation sites is 1. The molecule has 1 aromatic heterocycles. The Bertz CT molecular complexity index is 939. The third-order valence-corrected chi connectivity index (χ3v) is 5.75. The Kier molecular flexibility index (Phi) is 5.83. The Balaban J connectivity index is 2.03. The van der Waals surface area contributed by atoms with E-state index in [4.69, 9.17) is 17.2 Å². The first kappa shape index (κ1) is 18.4. The molecule has 2 N–H and O–H groups in total. The number of amides is 1. The average Bonchev–Trinajstić information content (AvgIpc) is 3.00. The van der Waals surface area contributed by atoms with Crippen molar-refractivity contribution in [3.63, 3.8) is 0 Å². The molecule has 1 amide bonds. The van der Waals surface area contributed by atoms with Gasteiger partial charge >= 0.3 is 0 Å². The van der Waals surface area contributed by atoms with Crippen molar-refractivity contribution in [3.8, 4) is 10.6 Å². The van der Waals surface area contributed by atoms with Gasteiger partial charge in [0.25, 0.3) is 0 Å². The van der Waals surface area contributed by atoms with Crippen molar-refractivity contribution in [3.05, 3.63) is 45.3 Å². The molecular weight excluding hydrogens is 486 g/mol. The Morgan fingerprint density at radius 3 is 2.76 bits per heavy atom. The van der Waals surface area contributed by atoms with Crippen LogP contribution in [0.25, 0.3) is 20.8 Å². The van der Waals surface area contributed by atoms with Crippen LogP contribution < -0.4 is 10.6 Å². The van der Waals surface area contributed by atoms with Crippen LogP contribution in [0.4, 0.5) is 5.69 Å². The van der Waals surface area contributed by atoms with Crippen LogP contribution in [0, 0.1) is 0 Å². The van der Waals surface area contributed by atoms with Gasteiger partial charge in [-0.15, -0.1) is 11.3 Å². The third kappa shape index (κ3) is 4.25. The van der Waals surface area contributed by atoms with Gasteiger partial charge in [0, 0.05) is 20.9 Å².